The molecule has 0 heterocycles. The smallest absolute Gasteiger partial charge is 0.0102 e. The van der Waals surface area contributed by atoms with Crippen molar-refractivity contribution in [2.45, 2.75) is 166 Å². The molecule has 0 amide bonds. The highest BCUT2D eigenvalue weighted by Gasteiger charge is 2.47. The molecule has 0 radical (unpaired) electrons. The average molecular weight is 501 g/mol. The van der Waals surface area contributed by atoms with Crippen molar-refractivity contribution in [1.29, 1.82) is 0 Å². The summed E-state index contributed by atoms with van der Waals surface area (Å²) in [6, 6.07) is 0. The summed E-state index contributed by atoms with van der Waals surface area (Å²) in [5, 5.41) is 0. The molecule has 35 heavy (non-hydrogen) atoms. The Labute approximate surface area is 223 Å². The SMILES string of the molecule is CC.CCCC(C)(C)CC(CC(C)(C)CN)(CC(C)(C)CC(C)(C)N)CC(C)(C)CC(C)(C)N.N. The molecule has 0 aliphatic rings. The number of hydrogen-bond donors (Lipinski definition) is 4. The molecule has 9 N–H and O–H groups in total. The van der Waals surface area contributed by atoms with E-state index in [2.05, 4.69) is 90.0 Å². The van der Waals surface area contributed by atoms with Gasteiger partial charge in [0.2, 0.25) is 0 Å². The van der Waals surface area contributed by atoms with E-state index in [1.807, 2.05) is 13.8 Å². The lowest BCUT2D eigenvalue weighted by Crippen LogP contribution is -2.46. The van der Waals surface area contributed by atoms with Crippen molar-refractivity contribution in [2.75, 3.05) is 6.54 Å². The fourth-order valence-electron chi connectivity index (χ4n) is 7.86. The Morgan fingerprint density at radius 1 is 0.486 bits per heavy atom. The lowest BCUT2D eigenvalue weighted by Gasteiger charge is -2.52. The minimum atomic E-state index is -0.174. The van der Waals surface area contributed by atoms with E-state index in [-0.39, 0.29) is 38.9 Å². The van der Waals surface area contributed by atoms with Crippen LogP contribution in [-0.2, 0) is 0 Å². The van der Waals surface area contributed by atoms with E-state index >= 15 is 0 Å². The van der Waals surface area contributed by atoms with Crippen LogP contribution in [0.2, 0.25) is 0 Å². The zero-order valence-corrected chi connectivity index (χ0v) is 27.3. The van der Waals surface area contributed by atoms with Gasteiger partial charge in [-0.15, -0.1) is 0 Å². The van der Waals surface area contributed by atoms with E-state index in [1.54, 1.807) is 0 Å². The molecule has 0 spiro atoms. The second kappa shape index (κ2) is 14.1. The lowest BCUT2D eigenvalue weighted by atomic mass is 9.53. The minimum absolute atomic E-state index is 0. The third-order valence-corrected chi connectivity index (χ3v) is 6.76. The molecule has 4 nitrogen and oxygen atoms in total. The van der Waals surface area contributed by atoms with Crippen LogP contribution in [0.1, 0.15) is 155 Å². The van der Waals surface area contributed by atoms with Crippen molar-refractivity contribution >= 4 is 0 Å². The van der Waals surface area contributed by atoms with Crippen LogP contribution in [0.25, 0.3) is 0 Å². The fourth-order valence-corrected chi connectivity index (χ4v) is 7.86. The van der Waals surface area contributed by atoms with Crippen LogP contribution in [-0.4, -0.2) is 17.6 Å². The molecule has 0 aromatic carbocycles. The van der Waals surface area contributed by atoms with Gasteiger partial charge in [-0.3, -0.25) is 0 Å². The largest absolute Gasteiger partial charge is 0.344 e. The highest BCUT2D eigenvalue weighted by atomic mass is 14.7. The first-order chi connectivity index (χ1) is 14.9. The Kier molecular flexibility index (Phi) is 15.9. The summed E-state index contributed by atoms with van der Waals surface area (Å²) in [7, 11) is 0. The van der Waals surface area contributed by atoms with Gasteiger partial charge in [0.15, 0.2) is 0 Å². The highest BCUT2D eigenvalue weighted by molar-refractivity contribution is 4.99. The maximum absolute atomic E-state index is 6.54. The maximum Gasteiger partial charge on any atom is 0.0102 e. The lowest BCUT2D eigenvalue weighted by molar-refractivity contribution is -0.00714. The third kappa shape index (κ3) is 18.7. The molecule has 0 fully saturated rings. The predicted molar refractivity (Wildman–Crippen MR) is 162 cm³/mol. The molecule has 216 valence electrons. The molecule has 4 heteroatoms. The summed E-state index contributed by atoms with van der Waals surface area (Å²) in [6.45, 7) is 35.1. The molecule has 0 unspecified atom stereocenters. The highest BCUT2D eigenvalue weighted by Crippen LogP contribution is 2.56. The molecule has 0 aliphatic heterocycles. The van der Waals surface area contributed by atoms with Gasteiger partial charge in [-0.05, 0) is 106 Å². The summed E-state index contributed by atoms with van der Waals surface area (Å²) in [6.07, 6.45) is 9.22. The summed E-state index contributed by atoms with van der Waals surface area (Å²) in [4.78, 5) is 0. The number of rotatable bonds is 15. The standard InChI is InChI=1S/C29H63N3.C2H6.H3N/c1-14-15-23(2,3)18-29(21-26(8,9)22-30,19-24(4,5)16-27(10,11)31)20-25(6,7)17-28(12,13)32;1-2;/h14-22,30-32H2,1-13H3;1-2H3;1H3. The summed E-state index contributed by atoms with van der Waals surface area (Å²) >= 11 is 0. The van der Waals surface area contributed by atoms with Crippen LogP contribution in [0.3, 0.4) is 0 Å². The third-order valence-electron chi connectivity index (χ3n) is 6.76. The quantitative estimate of drug-likeness (QED) is 0.180. The van der Waals surface area contributed by atoms with Gasteiger partial charge in [-0.25, -0.2) is 0 Å². The van der Waals surface area contributed by atoms with Crippen molar-refractivity contribution in [3.05, 3.63) is 0 Å². The molecular weight excluding hydrogens is 428 g/mol. The van der Waals surface area contributed by atoms with Gasteiger partial charge in [-0.1, -0.05) is 82.6 Å². The van der Waals surface area contributed by atoms with Gasteiger partial charge >= 0.3 is 0 Å². The number of nitrogens with two attached hydrogens (primary N) is 3. The Morgan fingerprint density at radius 3 is 1.03 bits per heavy atom. The Morgan fingerprint density at radius 2 is 0.771 bits per heavy atom. The minimum Gasteiger partial charge on any atom is -0.344 e. The van der Waals surface area contributed by atoms with Crippen LogP contribution in [0.15, 0.2) is 0 Å². The average Bonchev–Trinajstić information content (AvgIpc) is 2.48. The number of hydrogen-bond acceptors (Lipinski definition) is 4. The van der Waals surface area contributed by atoms with E-state index in [0.717, 1.165) is 19.3 Å². The Balaban J connectivity index is -0.00000332. The van der Waals surface area contributed by atoms with Gasteiger partial charge in [0, 0.05) is 11.1 Å². The summed E-state index contributed by atoms with van der Waals surface area (Å²) < 4.78 is 0. The first kappa shape index (κ1) is 39.4. The summed E-state index contributed by atoms with van der Waals surface area (Å²) in [5.74, 6) is 0. The van der Waals surface area contributed by atoms with Gasteiger partial charge in [-0.2, -0.15) is 0 Å². The van der Waals surface area contributed by atoms with Crippen LogP contribution in [0.4, 0.5) is 0 Å². The predicted octanol–water partition coefficient (Wildman–Crippen LogP) is 8.84. The molecule has 0 saturated heterocycles. The summed E-state index contributed by atoms with van der Waals surface area (Å²) in [5.41, 5.74) is 19.9. The first-order valence-electron chi connectivity index (χ1n) is 14.1. The van der Waals surface area contributed by atoms with Crippen molar-refractivity contribution < 1.29 is 0 Å². The second-order valence-corrected chi connectivity index (χ2v) is 16.1. The van der Waals surface area contributed by atoms with Gasteiger partial charge in [0.05, 0.1) is 0 Å². The van der Waals surface area contributed by atoms with E-state index in [0.29, 0.717) is 12.0 Å². The molecule has 0 aromatic rings. The van der Waals surface area contributed by atoms with Gasteiger partial charge in [0.1, 0.15) is 0 Å². The van der Waals surface area contributed by atoms with E-state index < -0.39 is 0 Å². The topological polar surface area (TPSA) is 113 Å². The fraction of sp³-hybridized carbons (Fsp3) is 1.00. The second-order valence-electron chi connectivity index (χ2n) is 16.1. The zero-order chi connectivity index (χ0) is 27.9. The van der Waals surface area contributed by atoms with Gasteiger partial charge in [0.25, 0.3) is 0 Å². The molecule has 0 rings (SSSR count). The molecule has 0 atom stereocenters. The van der Waals surface area contributed by atoms with E-state index in [4.69, 9.17) is 17.2 Å². The van der Waals surface area contributed by atoms with Crippen molar-refractivity contribution in [3.63, 3.8) is 0 Å². The van der Waals surface area contributed by atoms with Crippen LogP contribution < -0.4 is 23.4 Å². The molecule has 0 aromatic heterocycles. The van der Waals surface area contributed by atoms with Gasteiger partial charge < -0.3 is 23.4 Å². The van der Waals surface area contributed by atoms with Crippen LogP contribution >= 0.6 is 0 Å². The molecule has 0 bridgehead atoms. The van der Waals surface area contributed by atoms with Crippen LogP contribution in [0, 0.1) is 27.1 Å². The molecule has 0 saturated carbocycles. The van der Waals surface area contributed by atoms with E-state index in [9.17, 15) is 0 Å². The zero-order valence-electron chi connectivity index (χ0n) is 27.3. The normalized spacial score (nSPS) is 14.2. The van der Waals surface area contributed by atoms with Crippen molar-refractivity contribution in [3.8, 4) is 0 Å². The Bertz CT molecular complexity index is 530. The van der Waals surface area contributed by atoms with Crippen molar-refractivity contribution in [1.82, 2.24) is 6.15 Å². The Hall–Kier alpha value is -0.160. The molecule has 0 aliphatic carbocycles. The van der Waals surface area contributed by atoms with Crippen LogP contribution in [0.5, 0.6) is 0 Å². The molecular formula is C31H72N4. The monoisotopic (exact) mass is 501 g/mol. The maximum atomic E-state index is 6.54. The first-order valence-corrected chi connectivity index (χ1v) is 14.1. The van der Waals surface area contributed by atoms with Crippen molar-refractivity contribution in [2.24, 2.45) is 44.3 Å². The van der Waals surface area contributed by atoms with E-state index in [1.165, 1.54) is 32.1 Å².